The minimum absolute atomic E-state index is 0.250. The van der Waals surface area contributed by atoms with E-state index in [0.29, 0.717) is 46.9 Å². The smallest absolute Gasteiger partial charge is 0.126 e. The standard InChI is InChI=1S/C19H19Cl2N7/c20-13-2-3-15(16(21)7-13)19-27-14(10-23)8-18(28-19)25-6-5-24-17-4-1-12(9-22)11-26-17/h1-4,7-8,11,19,27H,5-6,10,23H2,(H,24,26)(H,25,28). The number of hydrogen-bond donors (Lipinski definition) is 4. The molecule has 5 N–H and O–H groups in total. The number of amidine groups is 1. The molecule has 28 heavy (non-hydrogen) atoms. The molecule has 2 aromatic rings. The Kier molecular flexibility index (Phi) is 6.71. The van der Waals surface area contributed by atoms with Crippen LogP contribution >= 0.6 is 23.2 Å². The summed E-state index contributed by atoms with van der Waals surface area (Å²) in [7, 11) is 0. The van der Waals surface area contributed by atoms with Crippen LogP contribution in [0.4, 0.5) is 5.82 Å². The first-order valence-corrected chi connectivity index (χ1v) is 9.38. The molecule has 0 bridgehead atoms. The van der Waals surface area contributed by atoms with E-state index in [2.05, 4.69) is 25.9 Å². The fourth-order valence-corrected chi connectivity index (χ4v) is 3.16. The number of nitrogens with two attached hydrogens (primary N) is 1. The summed E-state index contributed by atoms with van der Waals surface area (Å²) in [5.41, 5.74) is 8.05. The fraction of sp³-hybridized carbons (Fsp3) is 0.211. The number of rotatable bonds is 6. The number of aliphatic imine (C=N–C) groups is 1. The molecule has 0 aliphatic carbocycles. The summed E-state index contributed by atoms with van der Waals surface area (Å²) < 4.78 is 0. The average molecular weight is 416 g/mol. The molecule has 0 fully saturated rings. The predicted octanol–water partition coefficient (Wildman–Crippen LogP) is 2.80. The van der Waals surface area contributed by atoms with E-state index >= 15 is 0 Å². The maximum atomic E-state index is 8.79. The normalized spacial score (nSPS) is 17.3. The first-order chi connectivity index (χ1) is 13.6. The highest BCUT2D eigenvalue weighted by atomic mass is 35.5. The maximum Gasteiger partial charge on any atom is 0.126 e. The van der Waals surface area contributed by atoms with Crippen molar-refractivity contribution in [3.05, 3.63) is 69.5 Å². The lowest BCUT2D eigenvalue weighted by molar-refractivity contribution is 0.545. The second-order valence-electron chi connectivity index (χ2n) is 6.00. The monoisotopic (exact) mass is 415 g/mol. The molecule has 0 saturated heterocycles. The number of nitrogens with zero attached hydrogens (tertiary/aromatic N) is 3. The van der Waals surface area contributed by atoms with Gasteiger partial charge in [0.2, 0.25) is 0 Å². The van der Waals surface area contributed by atoms with Crippen LogP contribution in [0.5, 0.6) is 0 Å². The van der Waals surface area contributed by atoms with Gasteiger partial charge in [-0.25, -0.2) is 4.98 Å². The van der Waals surface area contributed by atoms with E-state index in [-0.39, 0.29) is 6.17 Å². The number of nitriles is 1. The molecule has 0 spiro atoms. The Morgan fingerprint density at radius 2 is 2.11 bits per heavy atom. The molecule has 1 aromatic heterocycles. The molecule has 2 heterocycles. The van der Waals surface area contributed by atoms with Crippen molar-refractivity contribution in [3.63, 3.8) is 0 Å². The molecule has 1 unspecified atom stereocenters. The number of nitrogens with one attached hydrogen (secondary N) is 3. The summed E-state index contributed by atoms with van der Waals surface area (Å²) in [5.74, 6) is 1.41. The van der Waals surface area contributed by atoms with E-state index in [0.717, 1.165) is 11.3 Å². The molecule has 3 rings (SSSR count). The van der Waals surface area contributed by atoms with Gasteiger partial charge in [-0.05, 0) is 24.3 Å². The van der Waals surface area contributed by atoms with Gasteiger partial charge in [-0.3, -0.25) is 4.99 Å². The van der Waals surface area contributed by atoms with Gasteiger partial charge in [0.05, 0.1) is 12.1 Å². The second-order valence-corrected chi connectivity index (χ2v) is 6.84. The van der Waals surface area contributed by atoms with E-state index in [1.165, 1.54) is 6.20 Å². The van der Waals surface area contributed by atoms with Crippen LogP contribution in [0, 0.1) is 11.3 Å². The van der Waals surface area contributed by atoms with E-state index < -0.39 is 0 Å². The molecular formula is C19H19Cl2N7. The molecule has 1 aliphatic rings. The van der Waals surface area contributed by atoms with E-state index in [4.69, 9.17) is 34.2 Å². The van der Waals surface area contributed by atoms with Gasteiger partial charge in [0, 0.05) is 46.7 Å². The lowest BCUT2D eigenvalue weighted by Crippen LogP contribution is -2.43. The van der Waals surface area contributed by atoms with Crippen LogP contribution in [-0.4, -0.2) is 30.5 Å². The molecule has 1 aliphatic heterocycles. The summed E-state index contributed by atoms with van der Waals surface area (Å²) in [6.45, 7) is 1.48. The van der Waals surface area contributed by atoms with Crippen LogP contribution in [0.2, 0.25) is 10.0 Å². The van der Waals surface area contributed by atoms with Crippen LogP contribution in [0.1, 0.15) is 17.3 Å². The van der Waals surface area contributed by atoms with Crippen molar-refractivity contribution in [1.82, 2.24) is 15.6 Å². The minimum Gasteiger partial charge on any atom is -0.368 e. The van der Waals surface area contributed by atoms with Gasteiger partial charge in [-0.15, -0.1) is 0 Å². The van der Waals surface area contributed by atoms with Crippen molar-refractivity contribution in [2.75, 3.05) is 25.0 Å². The summed E-state index contributed by atoms with van der Waals surface area (Å²) in [5, 5.41) is 19.7. The first-order valence-electron chi connectivity index (χ1n) is 8.62. The quantitative estimate of drug-likeness (QED) is 0.539. The lowest BCUT2D eigenvalue weighted by atomic mass is 10.1. The largest absolute Gasteiger partial charge is 0.368 e. The zero-order valence-electron chi connectivity index (χ0n) is 14.9. The minimum atomic E-state index is -0.250. The highest BCUT2D eigenvalue weighted by Gasteiger charge is 2.20. The molecule has 9 heteroatoms. The van der Waals surface area contributed by atoms with Crippen LogP contribution in [0.3, 0.4) is 0 Å². The van der Waals surface area contributed by atoms with Crippen molar-refractivity contribution in [2.45, 2.75) is 6.17 Å². The van der Waals surface area contributed by atoms with Crippen LogP contribution in [0.25, 0.3) is 0 Å². The van der Waals surface area contributed by atoms with E-state index in [1.807, 2.05) is 18.2 Å². The zero-order chi connectivity index (χ0) is 19.9. The second kappa shape index (κ2) is 9.42. The van der Waals surface area contributed by atoms with Crippen molar-refractivity contribution >= 4 is 34.9 Å². The zero-order valence-corrected chi connectivity index (χ0v) is 16.4. The number of halogens is 2. The Hall–Kier alpha value is -2.79. The fourth-order valence-electron chi connectivity index (χ4n) is 2.64. The van der Waals surface area contributed by atoms with Crippen molar-refractivity contribution < 1.29 is 0 Å². The van der Waals surface area contributed by atoms with Crippen LogP contribution < -0.4 is 21.7 Å². The van der Waals surface area contributed by atoms with E-state index in [9.17, 15) is 0 Å². The van der Waals surface area contributed by atoms with Gasteiger partial charge in [-0.1, -0.05) is 29.3 Å². The van der Waals surface area contributed by atoms with Gasteiger partial charge >= 0.3 is 0 Å². The van der Waals surface area contributed by atoms with Gasteiger partial charge < -0.3 is 21.7 Å². The van der Waals surface area contributed by atoms with Crippen molar-refractivity contribution in [2.24, 2.45) is 10.7 Å². The lowest BCUT2D eigenvalue weighted by Gasteiger charge is -2.29. The first kappa shape index (κ1) is 20.0. The summed E-state index contributed by atoms with van der Waals surface area (Å²) >= 11 is 12.3. The number of anilines is 1. The van der Waals surface area contributed by atoms with Gasteiger partial charge in [0.25, 0.3) is 0 Å². The SMILES string of the molecule is N#Cc1ccc(NCCN=C2C=C(CN)NC(c3ccc(Cl)cc3Cl)N2)nc1. The van der Waals surface area contributed by atoms with Gasteiger partial charge in [-0.2, -0.15) is 5.26 Å². The Bertz CT molecular complexity index is 932. The van der Waals surface area contributed by atoms with E-state index in [1.54, 1.807) is 24.3 Å². The Morgan fingerprint density at radius 1 is 1.25 bits per heavy atom. The third-order valence-electron chi connectivity index (χ3n) is 4.02. The van der Waals surface area contributed by atoms with Gasteiger partial charge in [0.1, 0.15) is 23.9 Å². The molecular weight excluding hydrogens is 397 g/mol. The number of benzene rings is 1. The molecule has 0 saturated carbocycles. The Morgan fingerprint density at radius 3 is 2.79 bits per heavy atom. The van der Waals surface area contributed by atoms with Crippen molar-refractivity contribution in [3.8, 4) is 6.07 Å². The molecule has 144 valence electrons. The number of hydrogen-bond acceptors (Lipinski definition) is 6. The summed E-state index contributed by atoms with van der Waals surface area (Å²) in [4.78, 5) is 8.74. The summed E-state index contributed by atoms with van der Waals surface area (Å²) in [6.07, 6.45) is 3.15. The molecule has 0 radical (unpaired) electrons. The summed E-state index contributed by atoms with van der Waals surface area (Å²) in [6, 6.07) is 10.9. The number of pyridine rings is 1. The van der Waals surface area contributed by atoms with Crippen LogP contribution in [-0.2, 0) is 0 Å². The maximum absolute atomic E-state index is 8.79. The number of aromatic nitrogens is 1. The van der Waals surface area contributed by atoms with Crippen molar-refractivity contribution in [1.29, 1.82) is 5.26 Å². The topological polar surface area (TPSA) is 111 Å². The molecule has 7 nitrogen and oxygen atoms in total. The molecule has 1 atom stereocenters. The highest BCUT2D eigenvalue weighted by molar-refractivity contribution is 6.35. The highest BCUT2D eigenvalue weighted by Crippen LogP contribution is 2.26. The third-order valence-corrected chi connectivity index (χ3v) is 4.58. The van der Waals surface area contributed by atoms with Crippen LogP contribution in [0.15, 0.2) is 53.3 Å². The Labute approximate surface area is 173 Å². The third kappa shape index (κ3) is 5.14. The average Bonchev–Trinajstić information content (AvgIpc) is 2.71. The predicted molar refractivity (Wildman–Crippen MR) is 112 cm³/mol. The molecule has 1 aromatic carbocycles. The molecule has 0 amide bonds. The van der Waals surface area contributed by atoms with Gasteiger partial charge in [0.15, 0.2) is 0 Å². The Balaban J connectivity index is 1.63.